The first-order chi connectivity index (χ1) is 13.3. The van der Waals surface area contributed by atoms with E-state index in [0.717, 1.165) is 16.8 Å². The van der Waals surface area contributed by atoms with Crippen molar-refractivity contribution in [2.24, 2.45) is 0 Å². The van der Waals surface area contributed by atoms with Crippen LogP contribution in [-0.2, 0) is 14.3 Å². The molecule has 1 aliphatic heterocycles. The third-order valence-corrected chi connectivity index (χ3v) is 5.08. The maximum Gasteiger partial charge on any atom is 0.409 e. The van der Waals surface area contributed by atoms with Crippen molar-refractivity contribution >= 4 is 23.6 Å². The van der Waals surface area contributed by atoms with Crippen molar-refractivity contribution in [3.05, 3.63) is 29.3 Å². The van der Waals surface area contributed by atoms with Crippen LogP contribution in [0.2, 0.25) is 0 Å². The summed E-state index contributed by atoms with van der Waals surface area (Å²) in [6, 6.07) is 5.97. The van der Waals surface area contributed by atoms with Gasteiger partial charge in [-0.05, 0) is 50.8 Å². The summed E-state index contributed by atoms with van der Waals surface area (Å²) in [5.41, 5.74) is 2.90. The molecule has 1 heterocycles. The van der Waals surface area contributed by atoms with E-state index in [-0.39, 0.29) is 30.4 Å². The lowest BCUT2D eigenvalue weighted by atomic mass is 10.0. The molecule has 0 aliphatic carbocycles. The normalized spacial score (nSPS) is 14.5. The third-order valence-electron chi connectivity index (χ3n) is 5.08. The minimum Gasteiger partial charge on any atom is -0.450 e. The maximum atomic E-state index is 12.4. The van der Waals surface area contributed by atoms with Crippen LogP contribution in [0.4, 0.5) is 10.5 Å². The van der Waals surface area contributed by atoms with Crippen molar-refractivity contribution in [1.29, 1.82) is 0 Å². The number of likely N-dealkylation sites (tertiary alicyclic amines) is 1. The Morgan fingerprint density at radius 2 is 1.89 bits per heavy atom. The van der Waals surface area contributed by atoms with E-state index in [1.807, 2.05) is 32.0 Å². The molecule has 1 fully saturated rings. The molecule has 1 saturated heterocycles. The summed E-state index contributed by atoms with van der Waals surface area (Å²) < 4.78 is 5.03. The lowest BCUT2D eigenvalue weighted by molar-refractivity contribution is -0.132. The maximum absolute atomic E-state index is 12.4. The summed E-state index contributed by atoms with van der Waals surface area (Å²) >= 11 is 0. The van der Waals surface area contributed by atoms with Crippen molar-refractivity contribution in [3.8, 4) is 0 Å². The Balaban J connectivity index is 1.88. The molecule has 28 heavy (non-hydrogen) atoms. The molecule has 1 N–H and O–H groups in total. The van der Waals surface area contributed by atoms with Gasteiger partial charge in [-0.25, -0.2) is 4.79 Å². The monoisotopic (exact) mass is 389 g/mol. The first-order valence-corrected chi connectivity index (χ1v) is 9.87. The van der Waals surface area contributed by atoms with Gasteiger partial charge in [0, 0.05) is 44.7 Å². The molecule has 0 spiro atoms. The minimum atomic E-state index is -0.303. The van der Waals surface area contributed by atoms with Crippen LogP contribution in [-0.4, -0.2) is 60.0 Å². The van der Waals surface area contributed by atoms with Crippen molar-refractivity contribution < 1.29 is 19.1 Å². The fourth-order valence-electron chi connectivity index (χ4n) is 3.48. The average molecular weight is 389 g/mol. The number of rotatable bonds is 6. The zero-order valence-electron chi connectivity index (χ0n) is 17.3. The molecule has 3 amide bonds. The third kappa shape index (κ3) is 5.97. The number of ether oxygens (including phenoxy) is 1. The Hall–Kier alpha value is -2.57. The number of nitrogens with one attached hydrogen (secondary N) is 1. The molecule has 0 radical (unpaired) electrons. The first-order valence-electron chi connectivity index (χ1n) is 9.87. The van der Waals surface area contributed by atoms with Crippen LogP contribution >= 0.6 is 0 Å². The Morgan fingerprint density at radius 3 is 2.50 bits per heavy atom. The van der Waals surface area contributed by atoms with Gasteiger partial charge in [0.15, 0.2) is 0 Å². The molecule has 0 bridgehead atoms. The van der Waals surface area contributed by atoms with Gasteiger partial charge in [-0.15, -0.1) is 0 Å². The summed E-state index contributed by atoms with van der Waals surface area (Å²) in [5, 5.41) is 2.94. The molecule has 0 unspecified atom stereocenters. The number of aryl methyl sites for hydroxylation is 2. The summed E-state index contributed by atoms with van der Waals surface area (Å²) in [4.78, 5) is 39.7. The predicted molar refractivity (Wildman–Crippen MR) is 108 cm³/mol. The topological polar surface area (TPSA) is 79.0 Å². The van der Waals surface area contributed by atoms with Crippen LogP contribution in [0.15, 0.2) is 18.2 Å². The SMILES string of the molecule is CCOC(=O)N1CCC(N(CCC(=O)Nc2cc(C)ccc2C)C(C)=O)CC1. The molecule has 1 aromatic rings. The van der Waals surface area contributed by atoms with E-state index in [0.29, 0.717) is 39.1 Å². The second-order valence-electron chi connectivity index (χ2n) is 7.25. The van der Waals surface area contributed by atoms with Gasteiger partial charge in [0.05, 0.1) is 6.61 Å². The first kappa shape index (κ1) is 21.7. The Bertz CT molecular complexity index is 712. The number of hydrogen-bond acceptors (Lipinski definition) is 4. The molecular formula is C21H31N3O4. The van der Waals surface area contributed by atoms with Crippen molar-refractivity contribution in [2.45, 2.75) is 53.0 Å². The number of benzene rings is 1. The fraction of sp³-hybridized carbons (Fsp3) is 0.571. The van der Waals surface area contributed by atoms with Gasteiger partial charge in [-0.2, -0.15) is 0 Å². The molecular weight excluding hydrogens is 358 g/mol. The molecule has 0 aromatic heterocycles. The molecule has 0 saturated carbocycles. The largest absolute Gasteiger partial charge is 0.450 e. The highest BCUT2D eigenvalue weighted by Gasteiger charge is 2.29. The molecule has 154 valence electrons. The van der Waals surface area contributed by atoms with E-state index in [9.17, 15) is 14.4 Å². The molecule has 1 aromatic carbocycles. The summed E-state index contributed by atoms with van der Waals surface area (Å²) in [7, 11) is 0. The standard InChI is InChI=1S/C21H31N3O4/c1-5-28-21(27)23-11-8-18(9-12-23)24(17(4)25)13-10-20(26)22-19-14-15(2)6-7-16(19)3/h6-7,14,18H,5,8-13H2,1-4H3,(H,22,26). The van der Waals surface area contributed by atoms with Gasteiger partial charge in [0.2, 0.25) is 11.8 Å². The number of amides is 3. The van der Waals surface area contributed by atoms with E-state index >= 15 is 0 Å². The van der Waals surface area contributed by atoms with E-state index < -0.39 is 0 Å². The molecule has 0 atom stereocenters. The highest BCUT2D eigenvalue weighted by Crippen LogP contribution is 2.19. The Kier molecular flexibility index (Phi) is 7.84. The van der Waals surface area contributed by atoms with E-state index in [1.54, 1.807) is 16.7 Å². The zero-order chi connectivity index (χ0) is 20.7. The predicted octanol–water partition coefficient (Wildman–Crippen LogP) is 3.10. The average Bonchev–Trinajstić information content (AvgIpc) is 2.65. The van der Waals surface area contributed by atoms with Gasteiger partial charge >= 0.3 is 6.09 Å². The number of anilines is 1. The second-order valence-corrected chi connectivity index (χ2v) is 7.25. The van der Waals surface area contributed by atoms with Crippen LogP contribution < -0.4 is 5.32 Å². The fourth-order valence-corrected chi connectivity index (χ4v) is 3.48. The van der Waals surface area contributed by atoms with Crippen LogP contribution in [0.5, 0.6) is 0 Å². The van der Waals surface area contributed by atoms with Gasteiger partial charge in [0.1, 0.15) is 0 Å². The minimum absolute atomic E-state index is 0.0386. The van der Waals surface area contributed by atoms with Crippen LogP contribution in [0.3, 0.4) is 0 Å². The van der Waals surface area contributed by atoms with E-state index in [4.69, 9.17) is 4.74 Å². The van der Waals surface area contributed by atoms with Gasteiger partial charge < -0.3 is 19.9 Å². The number of carbonyl (C=O) groups excluding carboxylic acids is 3. The highest BCUT2D eigenvalue weighted by atomic mass is 16.6. The molecule has 7 heteroatoms. The van der Waals surface area contributed by atoms with Crippen LogP contribution in [0, 0.1) is 13.8 Å². The van der Waals surface area contributed by atoms with Crippen molar-refractivity contribution in [1.82, 2.24) is 9.80 Å². The number of piperidine rings is 1. The van der Waals surface area contributed by atoms with Crippen LogP contribution in [0.1, 0.15) is 44.2 Å². The smallest absolute Gasteiger partial charge is 0.409 e. The van der Waals surface area contributed by atoms with Gasteiger partial charge in [-0.1, -0.05) is 12.1 Å². The molecule has 7 nitrogen and oxygen atoms in total. The summed E-state index contributed by atoms with van der Waals surface area (Å²) in [5.74, 6) is -0.155. The van der Waals surface area contributed by atoms with Gasteiger partial charge in [-0.3, -0.25) is 9.59 Å². The molecule has 2 rings (SSSR count). The quantitative estimate of drug-likeness (QED) is 0.811. The lowest BCUT2D eigenvalue weighted by Gasteiger charge is -2.37. The highest BCUT2D eigenvalue weighted by molar-refractivity contribution is 5.92. The van der Waals surface area contributed by atoms with Crippen LogP contribution in [0.25, 0.3) is 0 Å². The lowest BCUT2D eigenvalue weighted by Crippen LogP contribution is -2.49. The van der Waals surface area contributed by atoms with Gasteiger partial charge in [0.25, 0.3) is 0 Å². The van der Waals surface area contributed by atoms with Crippen molar-refractivity contribution in [2.75, 3.05) is 31.6 Å². The number of hydrogen-bond donors (Lipinski definition) is 1. The summed E-state index contributed by atoms with van der Waals surface area (Å²) in [6.45, 7) is 9.09. The Morgan fingerprint density at radius 1 is 1.21 bits per heavy atom. The van der Waals surface area contributed by atoms with E-state index in [1.165, 1.54) is 6.92 Å². The van der Waals surface area contributed by atoms with E-state index in [2.05, 4.69) is 5.32 Å². The molecule has 1 aliphatic rings. The Labute approximate surface area is 167 Å². The zero-order valence-corrected chi connectivity index (χ0v) is 17.3. The summed E-state index contributed by atoms with van der Waals surface area (Å²) in [6.07, 6.45) is 1.32. The van der Waals surface area contributed by atoms with Crippen molar-refractivity contribution in [3.63, 3.8) is 0 Å². The second kappa shape index (κ2) is 10.1. The number of carbonyl (C=O) groups is 3. The number of nitrogens with zero attached hydrogens (tertiary/aromatic N) is 2.